The van der Waals surface area contributed by atoms with Crippen LogP contribution in [-0.4, -0.2) is 19.9 Å². The van der Waals surface area contributed by atoms with E-state index in [4.69, 9.17) is 9.97 Å². The summed E-state index contributed by atoms with van der Waals surface area (Å²) in [6.07, 6.45) is 33.2. The standard InChI is InChI=1S/C44H62N4/c1-5-9-13-17-21-33-29-37-31-35(23-19-15-11-7-3)43(45-37)44-36(24-20-16-12-8-4)32-38(46-44)30-34(22-18-14-10-6-2)40-26-28-42(48-40)41-27-25-39(33)47-41/h25-32,45-46H,5-24H2,1-4H3. The number of nitrogens with zero attached hydrogens (tertiary/aromatic N) is 2. The van der Waals surface area contributed by atoms with E-state index in [1.54, 1.807) is 0 Å². The third kappa shape index (κ3) is 9.83. The van der Waals surface area contributed by atoms with Gasteiger partial charge in [-0.3, -0.25) is 0 Å². The fourth-order valence-corrected chi connectivity index (χ4v) is 7.30. The number of H-pyrrole nitrogens is 2. The molecule has 2 aliphatic rings. The topological polar surface area (TPSA) is 57.4 Å². The van der Waals surface area contributed by atoms with E-state index >= 15 is 0 Å². The molecule has 3 aromatic heterocycles. The van der Waals surface area contributed by atoms with Crippen molar-refractivity contribution in [1.29, 1.82) is 0 Å². The summed E-state index contributed by atoms with van der Waals surface area (Å²) in [6, 6.07) is 9.67. The van der Waals surface area contributed by atoms with Crippen molar-refractivity contribution < 1.29 is 0 Å². The fourth-order valence-electron chi connectivity index (χ4n) is 7.30. The van der Waals surface area contributed by atoms with Crippen LogP contribution in [0, 0.1) is 0 Å². The van der Waals surface area contributed by atoms with E-state index < -0.39 is 0 Å². The predicted molar refractivity (Wildman–Crippen MR) is 210 cm³/mol. The average molecular weight is 647 g/mol. The summed E-state index contributed by atoms with van der Waals surface area (Å²) in [7, 11) is 0. The predicted octanol–water partition coefficient (Wildman–Crippen LogP) is 13.1. The highest BCUT2D eigenvalue weighted by Crippen LogP contribution is 2.29. The maximum absolute atomic E-state index is 5.20. The monoisotopic (exact) mass is 646 g/mol. The molecule has 0 saturated heterocycles. The van der Waals surface area contributed by atoms with Crippen molar-refractivity contribution in [3.8, 4) is 0 Å². The third-order valence-corrected chi connectivity index (χ3v) is 10.1. The molecule has 4 nitrogen and oxygen atoms in total. The molecule has 5 heterocycles. The van der Waals surface area contributed by atoms with Gasteiger partial charge in [-0.2, -0.15) is 0 Å². The molecule has 2 aliphatic heterocycles. The molecule has 48 heavy (non-hydrogen) atoms. The summed E-state index contributed by atoms with van der Waals surface area (Å²) in [5, 5.41) is 0. The molecule has 0 aromatic carbocycles. The van der Waals surface area contributed by atoms with Crippen LogP contribution in [0.4, 0.5) is 0 Å². The number of fused-ring (bicyclic) bond motifs is 10. The van der Waals surface area contributed by atoms with Crippen LogP contribution in [-0.2, 0) is 25.7 Å². The maximum Gasteiger partial charge on any atom is 0.0894 e. The number of hydrogen-bond donors (Lipinski definition) is 2. The van der Waals surface area contributed by atoms with Crippen LogP contribution >= 0.6 is 0 Å². The molecule has 0 saturated carbocycles. The zero-order valence-corrected chi connectivity index (χ0v) is 30.7. The minimum atomic E-state index is 0.980. The first-order chi connectivity index (χ1) is 23.6. The first kappa shape index (κ1) is 35.9. The van der Waals surface area contributed by atoms with Crippen molar-refractivity contribution in [2.45, 2.75) is 156 Å². The zero-order valence-electron chi connectivity index (χ0n) is 30.7. The molecular weight excluding hydrogens is 585 g/mol. The van der Waals surface area contributed by atoms with E-state index in [0.29, 0.717) is 0 Å². The number of rotatable bonds is 20. The van der Waals surface area contributed by atoms with Crippen molar-refractivity contribution in [3.05, 3.63) is 69.3 Å². The molecule has 0 radical (unpaired) electrons. The van der Waals surface area contributed by atoms with Crippen LogP contribution in [0.15, 0.2) is 24.3 Å². The quantitative estimate of drug-likeness (QED) is 0.0827. The van der Waals surface area contributed by atoms with Gasteiger partial charge in [0.15, 0.2) is 0 Å². The van der Waals surface area contributed by atoms with E-state index in [1.807, 2.05) is 0 Å². The van der Waals surface area contributed by atoms with Crippen molar-refractivity contribution in [3.63, 3.8) is 0 Å². The first-order valence-corrected chi connectivity index (χ1v) is 19.8. The number of aromatic nitrogens is 4. The van der Waals surface area contributed by atoms with Crippen molar-refractivity contribution in [1.82, 2.24) is 19.9 Å². The van der Waals surface area contributed by atoms with E-state index in [0.717, 1.165) is 48.5 Å². The molecule has 8 bridgehead atoms. The number of nitrogens with one attached hydrogen (secondary N) is 2. The second-order valence-corrected chi connectivity index (χ2v) is 14.3. The van der Waals surface area contributed by atoms with E-state index in [-0.39, 0.29) is 0 Å². The Morgan fingerprint density at radius 2 is 0.688 bits per heavy atom. The molecule has 5 rings (SSSR count). The number of aromatic amines is 2. The molecule has 2 N–H and O–H groups in total. The Morgan fingerprint density at radius 3 is 1.04 bits per heavy atom. The van der Waals surface area contributed by atoms with Crippen molar-refractivity contribution >= 4 is 46.4 Å². The Morgan fingerprint density at radius 1 is 0.375 bits per heavy atom. The Kier molecular flexibility index (Phi) is 14.2. The normalized spacial score (nSPS) is 12.4. The second kappa shape index (κ2) is 19.0. The highest BCUT2D eigenvalue weighted by molar-refractivity contribution is 5.88. The van der Waals surface area contributed by atoms with Gasteiger partial charge in [0.1, 0.15) is 0 Å². The van der Waals surface area contributed by atoms with Crippen LogP contribution in [0.25, 0.3) is 46.4 Å². The summed E-state index contributed by atoms with van der Waals surface area (Å²) >= 11 is 0. The van der Waals surface area contributed by atoms with Crippen LogP contribution in [0.5, 0.6) is 0 Å². The Balaban J connectivity index is 1.74. The van der Waals surface area contributed by atoms with E-state index in [1.165, 1.54) is 147 Å². The van der Waals surface area contributed by atoms with Gasteiger partial charge in [-0.25, -0.2) is 9.97 Å². The molecular formula is C44H62N4. The maximum atomic E-state index is 5.20. The summed E-state index contributed by atoms with van der Waals surface area (Å²) in [4.78, 5) is 18.3. The summed E-state index contributed by atoms with van der Waals surface area (Å²) < 4.78 is 0. The van der Waals surface area contributed by atoms with Gasteiger partial charge in [-0.1, -0.05) is 105 Å². The Bertz CT molecular complexity index is 1560. The third-order valence-electron chi connectivity index (χ3n) is 10.1. The van der Waals surface area contributed by atoms with Crippen LogP contribution in [0.2, 0.25) is 0 Å². The van der Waals surface area contributed by atoms with E-state index in [2.05, 4.69) is 86.2 Å². The lowest BCUT2D eigenvalue weighted by atomic mass is 10.0. The van der Waals surface area contributed by atoms with Gasteiger partial charge in [0.05, 0.1) is 33.8 Å². The van der Waals surface area contributed by atoms with Gasteiger partial charge < -0.3 is 9.97 Å². The number of aryl methyl sites for hydroxylation is 4. The lowest BCUT2D eigenvalue weighted by Gasteiger charge is -2.02. The van der Waals surface area contributed by atoms with Gasteiger partial charge in [-0.05, 0) is 122 Å². The first-order valence-electron chi connectivity index (χ1n) is 19.8. The number of hydrogen-bond acceptors (Lipinski definition) is 2. The summed E-state index contributed by atoms with van der Waals surface area (Å²) in [5.41, 5.74) is 14.6. The van der Waals surface area contributed by atoms with Crippen LogP contribution in [0.1, 0.15) is 175 Å². The zero-order chi connectivity index (χ0) is 33.6. The lowest BCUT2D eigenvalue weighted by Crippen LogP contribution is -1.92. The largest absolute Gasteiger partial charge is 0.354 e. The fraction of sp³-hybridized carbons (Fsp3) is 0.545. The highest BCUT2D eigenvalue weighted by Gasteiger charge is 2.14. The number of unbranched alkanes of at least 4 members (excludes halogenated alkanes) is 12. The van der Waals surface area contributed by atoms with Crippen molar-refractivity contribution in [2.24, 2.45) is 0 Å². The van der Waals surface area contributed by atoms with Gasteiger partial charge in [0.2, 0.25) is 0 Å². The van der Waals surface area contributed by atoms with Crippen LogP contribution < -0.4 is 0 Å². The van der Waals surface area contributed by atoms with Crippen LogP contribution in [0.3, 0.4) is 0 Å². The molecule has 4 heteroatoms. The van der Waals surface area contributed by atoms with Crippen molar-refractivity contribution in [2.75, 3.05) is 0 Å². The molecule has 258 valence electrons. The summed E-state index contributed by atoms with van der Waals surface area (Å²) in [5.74, 6) is 0. The molecule has 0 atom stereocenters. The minimum Gasteiger partial charge on any atom is -0.354 e. The smallest absolute Gasteiger partial charge is 0.0894 e. The van der Waals surface area contributed by atoms with Gasteiger partial charge in [-0.15, -0.1) is 0 Å². The Hall–Kier alpha value is -3.40. The average Bonchev–Trinajstić information content (AvgIpc) is 3.90. The molecule has 0 spiro atoms. The molecule has 3 aromatic rings. The van der Waals surface area contributed by atoms with Gasteiger partial charge >= 0.3 is 0 Å². The second-order valence-electron chi connectivity index (χ2n) is 14.3. The van der Waals surface area contributed by atoms with Gasteiger partial charge in [0, 0.05) is 11.0 Å². The lowest BCUT2D eigenvalue weighted by molar-refractivity contribution is 0.666. The van der Waals surface area contributed by atoms with Gasteiger partial charge in [0.25, 0.3) is 0 Å². The Labute approximate surface area is 291 Å². The van der Waals surface area contributed by atoms with E-state index in [9.17, 15) is 0 Å². The summed E-state index contributed by atoms with van der Waals surface area (Å²) in [6.45, 7) is 9.18. The molecule has 0 fully saturated rings. The minimum absolute atomic E-state index is 0.980. The molecule has 0 aliphatic carbocycles. The highest BCUT2D eigenvalue weighted by atomic mass is 14.8. The molecule has 0 unspecified atom stereocenters. The SMILES string of the molecule is CCCCCCc1cc2cc(CCCCCC)c([nH]2)c2[nH]c(cc(CCCCCC)c3nc(c4nc1C=C4)C=C3)cc2CCCCCC. The molecule has 0 amide bonds.